The summed E-state index contributed by atoms with van der Waals surface area (Å²) in [7, 11) is 1.34. The van der Waals surface area contributed by atoms with Gasteiger partial charge in [0.1, 0.15) is 17.7 Å². The molecule has 0 bridgehead atoms. The van der Waals surface area contributed by atoms with Gasteiger partial charge in [0.15, 0.2) is 0 Å². The molecule has 1 heterocycles. The molecule has 2 unspecified atom stereocenters. The van der Waals surface area contributed by atoms with E-state index in [1.54, 1.807) is 25.7 Å². The van der Waals surface area contributed by atoms with Gasteiger partial charge in [-0.15, -0.1) is 0 Å². The Morgan fingerprint density at radius 2 is 1.67 bits per heavy atom. The van der Waals surface area contributed by atoms with Crippen LogP contribution in [0.25, 0.3) is 0 Å². The van der Waals surface area contributed by atoms with Crippen LogP contribution in [0.4, 0.5) is 4.79 Å². The highest BCUT2D eigenvalue weighted by Gasteiger charge is 2.70. The first kappa shape index (κ1) is 21.5. The van der Waals surface area contributed by atoms with Crippen LogP contribution in [0.15, 0.2) is 0 Å². The summed E-state index contributed by atoms with van der Waals surface area (Å²) in [5.41, 5.74) is -1.19. The lowest BCUT2D eigenvalue weighted by molar-refractivity contribution is -0.154. The fourth-order valence-corrected chi connectivity index (χ4v) is 4.14. The van der Waals surface area contributed by atoms with Gasteiger partial charge in [-0.2, -0.15) is 0 Å². The number of piperidine rings is 1. The maximum absolute atomic E-state index is 13.3. The maximum atomic E-state index is 13.3. The van der Waals surface area contributed by atoms with Crippen LogP contribution >= 0.6 is 0 Å². The molecule has 0 aromatic rings. The van der Waals surface area contributed by atoms with E-state index in [-0.39, 0.29) is 23.2 Å². The molecule has 7 nitrogen and oxygen atoms in total. The van der Waals surface area contributed by atoms with E-state index in [0.29, 0.717) is 6.54 Å². The summed E-state index contributed by atoms with van der Waals surface area (Å²) < 4.78 is 10.3. The molecule has 27 heavy (non-hydrogen) atoms. The number of carbonyl (C=O) groups excluding carboxylic acids is 3. The van der Waals surface area contributed by atoms with E-state index in [4.69, 9.17) is 9.47 Å². The lowest BCUT2D eigenvalue weighted by atomic mass is 9.85. The van der Waals surface area contributed by atoms with Gasteiger partial charge in [-0.1, -0.05) is 34.6 Å². The highest BCUT2D eigenvalue weighted by molar-refractivity contribution is 5.91. The third-order valence-electron chi connectivity index (χ3n) is 5.71. The number of ether oxygens (including phenoxy) is 2. The molecule has 2 fully saturated rings. The van der Waals surface area contributed by atoms with E-state index in [9.17, 15) is 14.4 Å². The molecule has 2 aliphatic rings. The number of nitrogens with one attached hydrogen (secondary N) is 1. The third-order valence-corrected chi connectivity index (χ3v) is 5.71. The number of hydrogen-bond acceptors (Lipinski definition) is 5. The van der Waals surface area contributed by atoms with Crippen LogP contribution in [0.3, 0.4) is 0 Å². The van der Waals surface area contributed by atoms with Crippen LogP contribution in [-0.2, 0) is 19.1 Å². The highest BCUT2D eigenvalue weighted by atomic mass is 16.6. The van der Waals surface area contributed by atoms with Crippen LogP contribution in [0.1, 0.15) is 55.4 Å². The molecule has 0 aromatic heterocycles. The van der Waals surface area contributed by atoms with Crippen molar-refractivity contribution in [2.45, 2.75) is 73.1 Å². The van der Waals surface area contributed by atoms with Gasteiger partial charge in [-0.25, -0.2) is 9.59 Å². The first-order valence-electron chi connectivity index (χ1n) is 9.49. The standard InChI is InChI=1S/C20H34N2O5/c1-18(2,3)14(21-17(25)27-19(4,5)6)15(23)22-10-11-12(20(11,7)8)13(22)16(24)26-9/h11-14H,10H2,1-9H3,(H,21,25)/t11-,12?,13-,14?/m0/s1. The fraction of sp³-hybridized carbons (Fsp3) is 0.850. The maximum Gasteiger partial charge on any atom is 0.408 e. The second-order valence-corrected chi connectivity index (χ2v) is 10.4. The number of hydrogen-bond donors (Lipinski definition) is 1. The number of rotatable bonds is 3. The molecule has 2 amide bonds. The summed E-state index contributed by atoms with van der Waals surface area (Å²) in [5.74, 6) is -0.304. The van der Waals surface area contributed by atoms with E-state index in [1.165, 1.54) is 7.11 Å². The van der Waals surface area contributed by atoms with Gasteiger partial charge >= 0.3 is 12.1 Å². The van der Waals surface area contributed by atoms with Crippen molar-refractivity contribution in [3.05, 3.63) is 0 Å². The van der Waals surface area contributed by atoms with Crippen LogP contribution in [-0.4, -0.2) is 54.2 Å². The van der Waals surface area contributed by atoms with E-state index in [2.05, 4.69) is 19.2 Å². The average molecular weight is 383 g/mol. The Morgan fingerprint density at radius 3 is 2.11 bits per heavy atom. The van der Waals surface area contributed by atoms with Crippen LogP contribution in [0.2, 0.25) is 0 Å². The first-order chi connectivity index (χ1) is 12.1. The molecule has 0 spiro atoms. The van der Waals surface area contributed by atoms with Gasteiger partial charge in [0.25, 0.3) is 0 Å². The van der Waals surface area contributed by atoms with Gasteiger partial charge in [0.05, 0.1) is 7.11 Å². The van der Waals surface area contributed by atoms with E-state index in [0.717, 1.165) is 0 Å². The van der Waals surface area contributed by atoms with Gasteiger partial charge in [0, 0.05) is 12.5 Å². The molecule has 1 saturated heterocycles. The number of methoxy groups -OCH3 is 1. The van der Waals surface area contributed by atoms with Crippen LogP contribution in [0, 0.1) is 22.7 Å². The molecular formula is C20H34N2O5. The van der Waals surface area contributed by atoms with E-state index < -0.39 is 35.2 Å². The second kappa shape index (κ2) is 6.67. The van der Waals surface area contributed by atoms with Gasteiger partial charge in [-0.3, -0.25) is 4.79 Å². The smallest absolute Gasteiger partial charge is 0.408 e. The normalized spacial score (nSPS) is 27.4. The Morgan fingerprint density at radius 1 is 1.11 bits per heavy atom. The van der Waals surface area contributed by atoms with Crippen molar-refractivity contribution >= 4 is 18.0 Å². The quantitative estimate of drug-likeness (QED) is 0.759. The largest absolute Gasteiger partial charge is 0.467 e. The number of fused-ring (bicyclic) bond motifs is 1. The van der Waals surface area contributed by atoms with Crippen molar-refractivity contribution in [1.82, 2.24) is 10.2 Å². The molecule has 154 valence electrons. The number of likely N-dealkylation sites (tertiary alicyclic amines) is 1. The van der Waals surface area contributed by atoms with Crippen LogP contribution < -0.4 is 5.32 Å². The van der Waals surface area contributed by atoms with E-state index >= 15 is 0 Å². The zero-order valence-corrected chi connectivity index (χ0v) is 18.0. The monoisotopic (exact) mass is 382 g/mol. The van der Waals surface area contributed by atoms with Crippen molar-refractivity contribution in [1.29, 1.82) is 0 Å². The molecule has 4 atom stereocenters. The number of amides is 2. The Bertz CT molecular complexity index is 629. The lowest BCUT2D eigenvalue weighted by Crippen LogP contribution is -2.58. The van der Waals surface area contributed by atoms with E-state index in [1.807, 2.05) is 20.8 Å². The number of esters is 1. The summed E-state index contributed by atoms with van der Waals surface area (Å²) in [6, 6.07) is -1.41. The minimum absolute atomic E-state index is 0.0193. The predicted molar refractivity (Wildman–Crippen MR) is 101 cm³/mol. The zero-order valence-electron chi connectivity index (χ0n) is 18.0. The minimum Gasteiger partial charge on any atom is -0.467 e. The Labute approximate surface area is 162 Å². The molecule has 0 radical (unpaired) electrons. The summed E-state index contributed by atoms with van der Waals surface area (Å²) >= 11 is 0. The lowest BCUT2D eigenvalue weighted by Gasteiger charge is -2.37. The third kappa shape index (κ3) is 4.22. The first-order valence-corrected chi connectivity index (χ1v) is 9.49. The summed E-state index contributed by atoms with van der Waals surface area (Å²) in [6.07, 6.45) is -0.643. The SMILES string of the molecule is COC(=O)[C@@H]1C2[C@H](CN1C(=O)C(NC(=O)OC(C)(C)C)C(C)(C)C)C2(C)C. The molecule has 0 aromatic carbocycles. The molecule has 2 rings (SSSR count). The zero-order chi connectivity index (χ0) is 20.9. The van der Waals surface area contributed by atoms with Crippen molar-refractivity contribution < 1.29 is 23.9 Å². The minimum atomic E-state index is -0.805. The Balaban J connectivity index is 2.23. The number of nitrogens with zero attached hydrogens (tertiary/aromatic N) is 1. The Hall–Kier alpha value is -1.79. The highest BCUT2D eigenvalue weighted by Crippen LogP contribution is 2.65. The molecule has 7 heteroatoms. The molecule has 1 aliphatic carbocycles. The van der Waals surface area contributed by atoms with Crippen molar-refractivity contribution in [2.75, 3.05) is 13.7 Å². The van der Waals surface area contributed by atoms with Gasteiger partial charge in [-0.05, 0) is 37.5 Å². The average Bonchev–Trinajstić information content (AvgIpc) is 2.85. The van der Waals surface area contributed by atoms with Crippen molar-refractivity contribution in [2.24, 2.45) is 22.7 Å². The summed E-state index contributed by atoms with van der Waals surface area (Å²) in [4.78, 5) is 39.6. The van der Waals surface area contributed by atoms with Crippen molar-refractivity contribution in [3.63, 3.8) is 0 Å². The predicted octanol–water partition coefficient (Wildman–Crippen LogP) is 2.58. The van der Waals surface area contributed by atoms with Crippen molar-refractivity contribution in [3.8, 4) is 0 Å². The summed E-state index contributed by atoms with van der Waals surface area (Å²) in [5, 5.41) is 2.71. The molecule has 1 N–H and O–H groups in total. The number of alkyl carbamates (subject to hydrolysis) is 1. The number of carbonyl (C=O) groups is 3. The Kier molecular flexibility index (Phi) is 5.32. The molecule has 1 saturated carbocycles. The van der Waals surface area contributed by atoms with Gasteiger partial charge < -0.3 is 19.7 Å². The van der Waals surface area contributed by atoms with Crippen LogP contribution in [0.5, 0.6) is 0 Å². The fourth-order valence-electron chi connectivity index (χ4n) is 4.14. The molecule has 1 aliphatic heterocycles. The van der Waals surface area contributed by atoms with Gasteiger partial charge in [0.2, 0.25) is 5.91 Å². The summed E-state index contributed by atoms with van der Waals surface area (Å²) in [6.45, 7) is 15.7. The second-order valence-electron chi connectivity index (χ2n) is 10.4. The molecular weight excluding hydrogens is 348 g/mol. The topological polar surface area (TPSA) is 84.9 Å².